The first-order valence-corrected chi connectivity index (χ1v) is 11.0. The molecule has 0 saturated carbocycles. The number of carbonyl (C=O) groups is 2. The maximum Gasteiger partial charge on any atom is 0.258 e. The molecule has 3 aromatic rings. The summed E-state index contributed by atoms with van der Waals surface area (Å²) < 4.78 is 5.52. The van der Waals surface area contributed by atoms with Crippen molar-refractivity contribution in [2.75, 3.05) is 38.0 Å². The van der Waals surface area contributed by atoms with Crippen molar-refractivity contribution in [3.05, 3.63) is 89.0 Å². The van der Waals surface area contributed by atoms with Crippen LogP contribution in [-0.4, -0.2) is 44.5 Å². The van der Waals surface area contributed by atoms with Gasteiger partial charge in [-0.1, -0.05) is 36.4 Å². The Kier molecular flexibility index (Phi) is 6.47. The molecule has 1 unspecified atom stereocenters. The van der Waals surface area contributed by atoms with E-state index in [1.165, 1.54) is 7.11 Å². The van der Waals surface area contributed by atoms with Crippen LogP contribution in [0.25, 0.3) is 0 Å². The smallest absolute Gasteiger partial charge is 0.258 e. The minimum absolute atomic E-state index is 0.0882. The Labute approximate surface area is 194 Å². The summed E-state index contributed by atoms with van der Waals surface area (Å²) in [6, 6.07) is 20.9. The molecule has 2 amide bonds. The molecule has 170 valence electrons. The number of hydrogen-bond donors (Lipinski definition) is 1. The first kappa shape index (κ1) is 22.6. The predicted octanol–water partition coefficient (Wildman–Crippen LogP) is 4.91. The molecule has 1 aliphatic rings. The van der Waals surface area contributed by atoms with Crippen molar-refractivity contribution in [1.82, 2.24) is 4.90 Å². The van der Waals surface area contributed by atoms with Crippen molar-refractivity contribution in [2.24, 2.45) is 0 Å². The van der Waals surface area contributed by atoms with E-state index >= 15 is 0 Å². The summed E-state index contributed by atoms with van der Waals surface area (Å²) in [5, 5.41) is 2.90. The maximum absolute atomic E-state index is 13.5. The van der Waals surface area contributed by atoms with Crippen LogP contribution in [-0.2, 0) is 0 Å². The fourth-order valence-electron chi connectivity index (χ4n) is 4.39. The van der Waals surface area contributed by atoms with E-state index in [2.05, 4.69) is 30.4 Å². The highest BCUT2D eigenvalue weighted by Gasteiger charge is 2.30. The van der Waals surface area contributed by atoms with E-state index in [0.29, 0.717) is 29.1 Å². The van der Waals surface area contributed by atoms with Gasteiger partial charge >= 0.3 is 0 Å². The second kappa shape index (κ2) is 9.46. The van der Waals surface area contributed by atoms with E-state index in [-0.39, 0.29) is 17.9 Å². The third-order valence-electron chi connectivity index (χ3n) is 6.17. The lowest BCUT2D eigenvalue weighted by molar-refractivity contribution is 0.0979. The zero-order valence-corrected chi connectivity index (χ0v) is 19.5. The molecule has 6 heteroatoms. The normalized spacial score (nSPS) is 15.2. The summed E-state index contributed by atoms with van der Waals surface area (Å²) >= 11 is 0. The highest BCUT2D eigenvalue weighted by Crippen LogP contribution is 2.37. The van der Waals surface area contributed by atoms with Gasteiger partial charge in [0.15, 0.2) is 0 Å². The highest BCUT2D eigenvalue weighted by atomic mass is 16.5. The quantitative estimate of drug-likeness (QED) is 0.609. The van der Waals surface area contributed by atoms with Crippen molar-refractivity contribution >= 4 is 23.2 Å². The van der Waals surface area contributed by atoms with Gasteiger partial charge in [-0.2, -0.15) is 0 Å². The summed E-state index contributed by atoms with van der Waals surface area (Å²) in [4.78, 5) is 30.2. The number of carbonyl (C=O) groups excluding carboxylic acids is 2. The van der Waals surface area contributed by atoms with E-state index in [4.69, 9.17) is 4.74 Å². The number of methoxy groups -OCH3 is 1. The number of ether oxygens (including phenoxy) is 1. The Morgan fingerprint density at radius 1 is 1.03 bits per heavy atom. The van der Waals surface area contributed by atoms with E-state index in [9.17, 15) is 9.59 Å². The van der Waals surface area contributed by atoms with Crippen LogP contribution in [0.3, 0.4) is 0 Å². The minimum Gasteiger partial charge on any atom is -0.495 e. The van der Waals surface area contributed by atoms with E-state index in [0.717, 1.165) is 23.2 Å². The van der Waals surface area contributed by atoms with Crippen molar-refractivity contribution in [1.29, 1.82) is 0 Å². The van der Waals surface area contributed by atoms with Gasteiger partial charge in [0, 0.05) is 29.4 Å². The average molecular weight is 444 g/mol. The Morgan fingerprint density at radius 2 is 1.76 bits per heavy atom. The second-order valence-electron chi connectivity index (χ2n) is 8.47. The lowest BCUT2D eigenvalue weighted by Crippen LogP contribution is -2.39. The van der Waals surface area contributed by atoms with E-state index in [1.54, 1.807) is 24.3 Å². The molecule has 1 N–H and O–H groups in total. The summed E-state index contributed by atoms with van der Waals surface area (Å²) in [5.74, 6) is 0.138. The monoisotopic (exact) mass is 443 g/mol. The first-order chi connectivity index (χ1) is 15.9. The van der Waals surface area contributed by atoms with Crippen molar-refractivity contribution in [3.8, 4) is 5.75 Å². The summed E-state index contributed by atoms with van der Waals surface area (Å²) in [6.45, 7) is 2.53. The molecule has 0 saturated heterocycles. The molecule has 4 rings (SSSR count). The fourth-order valence-corrected chi connectivity index (χ4v) is 4.39. The molecule has 6 nitrogen and oxygen atoms in total. The Morgan fingerprint density at radius 3 is 2.48 bits per heavy atom. The van der Waals surface area contributed by atoms with E-state index < -0.39 is 0 Å². The van der Waals surface area contributed by atoms with Crippen LogP contribution in [0.15, 0.2) is 66.7 Å². The fraction of sp³-hybridized carbons (Fsp3) is 0.259. The molecule has 33 heavy (non-hydrogen) atoms. The molecule has 0 aliphatic carbocycles. The van der Waals surface area contributed by atoms with Crippen LogP contribution in [0, 0.1) is 6.92 Å². The lowest BCUT2D eigenvalue weighted by Gasteiger charge is -2.37. The second-order valence-corrected chi connectivity index (χ2v) is 8.47. The van der Waals surface area contributed by atoms with Gasteiger partial charge in [0.25, 0.3) is 11.8 Å². The molecule has 0 bridgehead atoms. The van der Waals surface area contributed by atoms with Crippen LogP contribution < -0.4 is 15.0 Å². The summed E-state index contributed by atoms with van der Waals surface area (Å²) in [6.07, 6.45) is 0.859. The Hall–Kier alpha value is -3.64. The van der Waals surface area contributed by atoms with Gasteiger partial charge in [-0.3, -0.25) is 9.59 Å². The van der Waals surface area contributed by atoms with Gasteiger partial charge in [-0.05, 0) is 68.9 Å². The molecular weight excluding hydrogens is 414 g/mol. The summed E-state index contributed by atoms with van der Waals surface area (Å²) in [7, 11) is 5.66. The van der Waals surface area contributed by atoms with Crippen LogP contribution >= 0.6 is 0 Å². The number of fused-ring (bicyclic) bond motifs is 1. The Balaban J connectivity index is 1.60. The molecular formula is C27H29N3O3. The van der Waals surface area contributed by atoms with E-state index in [1.807, 2.05) is 48.2 Å². The Bertz CT molecular complexity index is 1190. The molecule has 0 aromatic heterocycles. The molecule has 1 heterocycles. The van der Waals surface area contributed by atoms with Gasteiger partial charge in [0.1, 0.15) is 5.75 Å². The number of anilines is 2. The number of aryl methyl sites for hydroxylation is 1. The van der Waals surface area contributed by atoms with Crippen molar-refractivity contribution < 1.29 is 14.3 Å². The van der Waals surface area contributed by atoms with Gasteiger partial charge in [0.05, 0.1) is 12.8 Å². The first-order valence-electron chi connectivity index (χ1n) is 11.0. The topological polar surface area (TPSA) is 61.9 Å². The van der Waals surface area contributed by atoms with Gasteiger partial charge in [-0.15, -0.1) is 0 Å². The molecule has 0 spiro atoms. The number of amides is 2. The maximum atomic E-state index is 13.5. The number of para-hydroxylation sites is 1. The summed E-state index contributed by atoms with van der Waals surface area (Å²) in [5.41, 5.74) is 4.60. The van der Waals surface area contributed by atoms with Crippen molar-refractivity contribution in [2.45, 2.75) is 19.4 Å². The number of hydrogen-bond acceptors (Lipinski definition) is 4. The van der Waals surface area contributed by atoms with Crippen LogP contribution in [0.2, 0.25) is 0 Å². The van der Waals surface area contributed by atoms with Crippen LogP contribution in [0.4, 0.5) is 11.4 Å². The van der Waals surface area contributed by atoms with Gasteiger partial charge in [0.2, 0.25) is 0 Å². The number of rotatable bonds is 5. The SMILES string of the molecule is COc1cc(C(=O)N2CCC(N(C)C)c3ccccc32)ccc1NC(=O)c1ccccc1C. The van der Waals surface area contributed by atoms with Crippen LogP contribution in [0.1, 0.15) is 44.3 Å². The zero-order valence-electron chi connectivity index (χ0n) is 19.5. The molecule has 0 fully saturated rings. The minimum atomic E-state index is -0.217. The largest absolute Gasteiger partial charge is 0.495 e. The zero-order chi connectivity index (χ0) is 23.5. The number of benzene rings is 3. The van der Waals surface area contributed by atoms with Gasteiger partial charge < -0.3 is 19.9 Å². The standard InChI is InChI=1S/C27H29N3O3/c1-18-9-5-6-10-20(18)26(31)28-22-14-13-19(17-25(22)33-4)27(32)30-16-15-23(29(2)3)21-11-7-8-12-24(21)30/h5-14,17,23H,15-16H2,1-4H3,(H,28,31). The third kappa shape index (κ3) is 4.47. The average Bonchev–Trinajstić information content (AvgIpc) is 2.83. The van der Waals surface area contributed by atoms with Crippen molar-refractivity contribution in [3.63, 3.8) is 0 Å². The molecule has 0 radical (unpaired) electrons. The van der Waals surface area contributed by atoms with Gasteiger partial charge in [-0.25, -0.2) is 0 Å². The highest BCUT2D eigenvalue weighted by molar-refractivity contribution is 6.09. The predicted molar refractivity (Wildman–Crippen MR) is 131 cm³/mol. The van der Waals surface area contributed by atoms with Crippen LogP contribution in [0.5, 0.6) is 5.75 Å². The number of nitrogens with zero attached hydrogens (tertiary/aromatic N) is 2. The molecule has 1 aliphatic heterocycles. The lowest BCUT2D eigenvalue weighted by atomic mass is 9.95. The molecule has 3 aromatic carbocycles. The molecule has 1 atom stereocenters. The number of nitrogens with one attached hydrogen (secondary N) is 1. The third-order valence-corrected chi connectivity index (χ3v) is 6.17.